The normalized spacial score (nSPS) is 14.3. The summed E-state index contributed by atoms with van der Waals surface area (Å²) in [6.07, 6.45) is 0. The number of hydrogen-bond donors (Lipinski definition) is 1. The molecule has 108 valence electrons. The van der Waals surface area contributed by atoms with Gasteiger partial charge in [-0.1, -0.05) is 48.5 Å². The summed E-state index contributed by atoms with van der Waals surface area (Å²) >= 11 is 8.03. The number of nitrogens with zero attached hydrogens (tertiary/aromatic N) is 1. The minimum atomic E-state index is -0.806. The zero-order valence-corrected chi connectivity index (χ0v) is 13.0. The molecule has 3 rings (SSSR count). The number of anilines is 2. The maximum Gasteiger partial charge on any atom is 0.308 e. The summed E-state index contributed by atoms with van der Waals surface area (Å²) in [5.41, 5.74) is 1.91. The molecule has 0 bridgehead atoms. The number of carbonyl (C=O) groups is 1. The molecular formula is C16H14ClNO2S. The Kier molecular flexibility index (Phi) is 3.83. The lowest BCUT2D eigenvalue weighted by Crippen LogP contribution is -2.30. The molecule has 1 unspecified atom stereocenters. The van der Waals surface area contributed by atoms with Crippen molar-refractivity contribution in [1.82, 2.24) is 0 Å². The summed E-state index contributed by atoms with van der Waals surface area (Å²) in [4.78, 5) is 15.4. The van der Waals surface area contributed by atoms with E-state index < -0.39 is 11.9 Å². The van der Waals surface area contributed by atoms with Crippen molar-refractivity contribution in [2.24, 2.45) is 5.92 Å². The number of halogens is 1. The quantitative estimate of drug-likeness (QED) is 0.893. The zero-order chi connectivity index (χ0) is 15.0. The van der Waals surface area contributed by atoms with Crippen LogP contribution in [0.25, 0.3) is 0 Å². The molecule has 3 nitrogen and oxygen atoms in total. The largest absolute Gasteiger partial charge is 0.481 e. The Hall–Kier alpha value is -1.65. The van der Waals surface area contributed by atoms with Crippen LogP contribution in [-0.4, -0.2) is 17.6 Å². The van der Waals surface area contributed by atoms with Gasteiger partial charge in [-0.25, -0.2) is 0 Å². The third-order valence-electron chi connectivity index (χ3n) is 3.47. The summed E-state index contributed by atoms with van der Waals surface area (Å²) in [5.74, 6) is -1.29. The summed E-state index contributed by atoms with van der Waals surface area (Å²) in [5, 5.41) is 9.86. The van der Waals surface area contributed by atoms with Gasteiger partial charge < -0.3 is 10.0 Å². The number of benzene rings is 2. The molecule has 1 aliphatic rings. The molecule has 5 heteroatoms. The highest BCUT2D eigenvalue weighted by Gasteiger charge is 2.27. The van der Waals surface area contributed by atoms with Crippen LogP contribution in [0.3, 0.4) is 0 Å². The molecule has 0 saturated carbocycles. The van der Waals surface area contributed by atoms with E-state index in [1.165, 1.54) is 0 Å². The number of para-hydroxylation sites is 2. The average Bonchev–Trinajstić information content (AvgIpc) is 2.46. The van der Waals surface area contributed by atoms with Crippen molar-refractivity contribution >= 4 is 40.7 Å². The number of fused-ring (bicyclic) bond motifs is 2. The van der Waals surface area contributed by atoms with Crippen molar-refractivity contribution in [3.8, 4) is 0 Å². The topological polar surface area (TPSA) is 40.5 Å². The molecule has 0 aliphatic carbocycles. The highest BCUT2D eigenvalue weighted by atomic mass is 35.5. The Balaban J connectivity index is 2.11. The van der Waals surface area contributed by atoms with Crippen molar-refractivity contribution in [1.29, 1.82) is 0 Å². The van der Waals surface area contributed by atoms with Crippen molar-refractivity contribution in [3.63, 3.8) is 0 Å². The van der Waals surface area contributed by atoms with Gasteiger partial charge in [-0.3, -0.25) is 4.79 Å². The van der Waals surface area contributed by atoms with Crippen LogP contribution in [0.1, 0.15) is 6.92 Å². The molecule has 1 heterocycles. The van der Waals surface area contributed by atoms with Crippen LogP contribution in [0.4, 0.5) is 11.4 Å². The van der Waals surface area contributed by atoms with E-state index in [0.717, 1.165) is 21.2 Å². The highest BCUT2D eigenvalue weighted by molar-refractivity contribution is 7.99. The fourth-order valence-corrected chi connectivity index (χ4v) is 3.85. The smallest absolute Gasteiger partial charge is 0.308 e. The first-order valence-corrected chi connectivity index (χ1v) is 7.83. The molecule has 1 atom stereocenters. The second kappa shape index (κ2) is 5.62. The van der Waals surface area contributed by atoms with Gasteiger partial charge in [-0.15, -0.1) is 0 Å². The van der Waals surface area contributed by atoms with E-state index in [1.807, 2.05) is 47.4 Å². The van der Waals surface area contributed by atoms with Gasteiger partial charge in [0.2, 0.25) is 0 Å². The van der Waals surface area contributed by atoms with Gasteiger partial charge in [-0.2, -0.15) is 0 Å². The molecule has 21 heavy (non-hydrogen) atoms. The van der Waals surface area contributed by atoms with Crippen LogP contribution in [0, 0.1) is 5.92 Å². The minimum absolute atomic E-state index is 0.393. The van der Waals surface area contributed by atoms with E-state index in [4.69, 9.17) is 11.6 Å². The molecule has 0 amide bonds. The van der Waals surface area contributed by atoms with Crippen LogP contribution >= 0.6 is 23.4 Å². The first kappa shape index (κ1) is 14.3. The predicted molar refractivity (Wildman–Crippen MR) is 85.8 cm³/mol. The third-order valence-corrected chi connectivity index (χ3v) is 4.89. The first-order valence-electron chi connectivity index (χ1n) is 6.63. The molecule has 0 spiro atoms. The lowest BCUT2D eigenvalue weighted by atomic mass is 10.1. The zero-order valence-electron chi connectivity index (χ0n) is 11.4. The molecule has 0 aromatic heterocycles. The summed E-state index contributed by atoms with van der Waals surface area (Å²) in [6, 6.07) is 13.8. The van der Waals surface area contributed by atoms with E-state index in [-0.39, 0.29) is 0 Å². The molecule has 2 aromatic carbocycles. The predicted octanol–water partition coefficient (Wildman–Crippen LogP) is 4.66. The fraction of sp³-hybridized carbons (Fsp3) is 0.188. The van der Waals surface area contributed by atoms with Crippen molar-refractivity contribution in [2.75, 3.05) is 11.4 Å². The first-order chi connectivity index (χ1) is 10.1. The van der Waals surface area contributed by atoms with Crippen molar-refractivity contribution < 1.29 is 9.90 Å². The van der Waals surface area contributed by atoms with E-state index in [0.29, 0.717) is 11.6 Å². The Labute approximate surface area is 132 Å². The molecular weight excluding hydrogens is 306 g/mol. The molecule has 2 aromatic rings. The number of carboxylic acid groups (broad SMARTS) is 1. The van der Waals surface area contributed by atoms with Crippen LogP contribution in [0.5, 0.6) is 0 Å². The third kappa shape index (κ3) is 2.61. The van der Waals surface area contributed by atoms with E-state index in [2.05, 4.69) is 0 Å². The Morgan fingerprint density at radius 3 is 2.71 bits per heavy atom. The van der Waals surface area contributed by atoms with Gasteiger partial charge >= 0.3 is 5.97 Å². The Morgan fingerprint density at radius 1 is 1.24 bits per heavy atom. The lowest BCUT2D eigenvalue weighted by molar-refractivity contribution is -0.140. The highest BCUT2D eigenvalue weighted by Crippen LogP contribution is 2.50. The Bertz CT molecular complexity index is 704. The van der Waals surface area contributed by atoms with Crippen molar-refractivity contribution in [3.05, 3.63) is 47.5 Å². The van der Waals surface area contributed by atoms with E-state index >= 15 is 0 Å². The number of hydrogen-bond acceptors (Lipinski definition) is 3. The van der Waals surface area contributed by atoms with Crippen LogP contribution in [-0.2, 0) is 4.79 Å². The minimum Gasteiger partial charge on any atom is -0.481 e. The van der Waals surface area contributed by atoms with E-state index in [9.17, 15) is 9.90 Å². The van der Waals surface area contributed by atoms with Gasteiger partial charge in [0, 0.05) is 16.3 Å². The molecule has 0 fully saturated rings. The lowest BCUT2D eigenvalue weighted by Gasteiger charge is -2.34. The van der Waals surface area contributed by atoms with Gasteiger partial charge in [0.1, 0.15) is 0 Å². The number of carboxylic acids is 1. The second-order valence-corrected chi connectivity index (χ2v) is 6.50. The van der Waals surface area contributed by atoms with Crippen molar-refractivity contribution in [2.45, 2.75) is 16.7 Å². The number of aliphatic carboxylic acids is 1. The fourth-order valence-electron chi connectivity index (χ4n) is 2.39. The molecule has 1 aliphatic heterocycles. The summed E-state index contributed by atoms with van der Waals surface area (Å²) in [6.45, 7) is 2.10. The SMILES string of the molecule is CC(CN1c2ccccc2Sc2cccc(Cl)c21)C(=O)O. The molecule has 0 radical (unpaired) electrons. The Morgan fingerprint density at radius 2 is 1.95 bits per heavy atom. The second-order valence-electron chi connectivity index (χ2n) is 5.01. The van der Waals surface area contributed by atoms with Crippen LogP contribution < -0.4 is 4.90 Å². The maximum atomic E-state index is 11.2. The standard InChI is InChI=1S/C16H14ClNO2S/c1-10(16(19)20)9-18-12-6-2-3-7-13(12)21-14-8-4-5-11(17)15(14)18/h2-8,10H,9H2,1H3,(H,19,20). The van der Waals surface area contributed by atoms with Gasteiger partial charge in [0.05, 0.1) is 22.3 Å². The van der Waals surface area contributed by atoms with Gasteiger partial charge in [0.15, 0.2) is 0 Å². The van der Waals surface area contributed by atoms with Gasteiger partial charge in [-0.05, 0) is 24.3 Å². The molecule has 1 N–H and O–H groups in total. The number of rotatable bonds is 3. The average molecular weight is 320 g/mol. The summed E-state index contributed by atoms with van der Waals surface area (Å²) in [7, 11) is 0. The van der Waals surface area contributed by atoms with Gasteiger partial charge in [0.25, 0.3) is 0 Å². The maximum absolute atomic E-state index is 11.2. The summed E-state index contributed by atoms with van der Waals surface area (Å²) < 4.78 is 0. The van der Waals surface area contributed by atoms with Crippen LogP contribution in [0.2, 0.25) is 5.02 Å². The molecule has 0 saturated heterocycles. The van der Waals surface area contributed by atoms with Crippen LogP contribution in [0.15, 0.2) is 52.3 Å². The monoisotopic (exact) mass is 319 g/mol. The van der Waals surface area contributed by atoms with E-state index in [1.54, 1.807) is 18.7 Å².